The van der Waals surface area contributed by atoms with Crippen molar-refractivity contribution in [2.75, 3.05) is 13.2 Å². The second-order valence-corrected chi connectivity index (χ2v) is 6.25. The third kappa shape index (κ3) is 5.17. The van der Waals surface area contributed by atoms with Gasteiger partial charge in [0.15, 0.2) is 12.4 Å². The molecular formula is C18H21N3O6. The third-order valence-corrected chi connectivity index (χ3v) is 4.33. The highest BCUT2D eigenvalue weighted by Crippen LogP contribution is 2.29. The number of nitrogens with one attached hydrogen (secondary N) is 1. The van der Waals surface area contributed by atoms with Gasteiger partial charge >= 0.3 is 11.7 Å². The number of benzene rings is 1. The molecule has 0 heterocycles. The first-order valence-electron chi connectivity index (χ1n) is 8.71. The molecule has 1 aromatic rings. The number of hydrogen-bond donors (Lipinski definition) is 1. The van der Waals surface area contributed by atoms with Crippen LogP contribution in [0, 0.1) is 21.4 Å². The normalized spacial score (nSPS) is 15.3. The van der Waals surface area contributed by atoms with Gasteiger partial charge in [-0.05, 0) is 31.9 Å². The van der Waals surface area contributed by atoms with Crippen LogP contribution in [0.4, 0.5) is 5.69 Å². The maximum Gasteiger partial charge on any atom is 0.338 e. The van der Waals surface area contributed by atoms with E-state index < -0.39 is 28.9 Å². The van der Waals surface area contributed by atoms with Crippen LogP contribution < -0.4 is 10.1 Å². The van der Waals surface area contributed by atoms with Crippen molar-refractivity contribution in [3.63, 3.8) is 0 Å². The highest BCUT2D eigenvalue weighted by Gasteiger charge is 2.33. The van der Waals surface area contributed by atoms with Crippen molar-refractivity contribution in [3.8, 4) is 11.8 Å². The third-order valence-electron chi connectivity index (χ3n) is 4.33. The molecule has 1 N–H and O–H groups in total. The average molecular weight is 375 g/mol. The molecule has 0 atom stereocenters. The van der Waals surface area contributed by atoms with Gasteiger partial charge in [-0.15, -0.1) is 0 Å². The van der Waals surface area contributed by atoms with E-state index in [4.69, 9.17) is 9.47 Å². The summed E-state index contributed by atoms with van der Waals surface area (Å²) < 4.78 is 10.1. The van der Waals surface area contributed by atoms with Crippen molar-refractivity contribution < 1.29 is 24.0 Å². The van der Waals surface area contributed by atoms with Crippen LogP contribution in [0.3, 0.4) is 0 Å². The summed E-state index contributed by atoms with van der Waals surface area (Å²) in [5, 5.41) is 23.1. The molecule has 0 bridgehead atoms. The molecule has 0 unspecified atom stereocenters. The molecule has 1 aliphatic rings. The van der Waals surface area contributed by atoms with E-state index >= 15 is 0 Å². The number of nitro benzene ring substituents is 1. The van der Waals surface area contributed by atoms with Crippen molar-refractivity contribution in [1.82, 2.24) is 5.32 Å². The lowest BCUT2D eigenvalue weighted by Gasteiger charge is -2.31. The number of rotatable bonds is 7. The first-order chi connectivity index (χ1) is 12.9. The fraction of sp³-hybridized carbons (Fsp3) is 0.500. The molecule has 1 saturated carbocycles. The largest absolute Gasteiger partial charge is 0.487 e. The van der Waals surface area contributed by atoms with E-state index in [0.29, 0.717) is 12.8 Å². The minimum Gasteiger partial charge on any atom is -0.487 e. The minimum absolute atomic E-state index is 0.0463. The van der Waals surface area contributed by atoms with Gasteiger partial charge in [0.05, 0.1) is 23.2 Å². The number of nitro groups is 1. The number of nitrogens with zero attached hydrogens (tertiary/aromatic N) is 2. The van der Waals surface area contributed by atoms with Crippen molar-refractivity contribution in [2.45, 2.75) is 44.6 Å². The van der Waals surface area contributed by atoms with Crippen molar-refractivity contribution >= 4 is 17.6 Å². The quantitative estimate of drug-likeness (QED) is 0.440. The molecule has 1 aromatic carbocycles. The molecule has 2 rings (SSSR count). The number of amides is 1. The average Bonchev–Trinajstić information content (AvgIpc) is 2.67. The van der Waals surface area contributed by atoms with Crippen LogP contribution >= 0.6 is 0 Å². The van der Waals surface area contributed by atoms with Crippen LogP contribution in [0.15, 0.2) is 18.2 Å². The molecule has 1 fully saturated rings. The zero-order valence-corrected chi connectivity index (χ0v) is 15.0. The monoisotopic (exact) mass is 375 g/mol. The lowest BCUT2D eigenvalue weighted by Crippen LogP contribution is -2.50. The molecule has 0 aromatic heterocycles. The van der Waals surface area contributed by atoms with Crippen LogP contribution in [0.25, 0.3) is 0 Å². The van der Waals surface area contributed by atoms with Gasteiger partial charge in [0, 0.05) is 6.07 Å². The van der Waals surface area contributed by atoms with Gasteiger partial charge in [0.1, 0.15) is 5.54 Å². The standard InChI is InChI=1S/C18H21N3O6/c1-2-26-15-7-6-13(10-14(15)21(24)25)17(23)27-11-16(22)20-18(12-19)8-4-3-5-9-18/h6-7,10H,2-5,8-9,11H2,1H3,(H,20,22). The second kappa shape index (κ2) is 8.98. The number of carbonyl (C=O) groups is 2. The molecule has 9 heteroatoms. The summed E-state index contributed by atoms with van der Waals surface area (Å²) in [6.45, 7) is 1.36. The summed E-state index contributed by atoms with van der Waals surface area (Å²) in [5.74, 6) is -1.40. The molecule has 0 aliphatic heterocycles. The van der Waals surface area contributed by atoms with E-state index in [9.17, 15) is 25.0 Å². The van der Waals surface area contributed by atoms with Crippen molar-refractivity contribution in [3.05, 3.63) is 33.9 Å². The number of esters is 1. The summed E-state index contributed by atoms with van der Waals surface area (Å²) in [4.78, 5) is 34.6. The Hall–Kier alpha value is -3.15. The highest BCUT2D eigenvalue weighted by atomic mass is 16.6. The minimum atomic E-state index is -0.917. The Balaban J connectivity index is 1.99. The van der Waals surface area contributed by atoms with Crippen LogP contribution in [0.1, 0.15) is 49.4 Å². The molecule has 1 amide bonds. The summed E-state index contributed by atoms with van der Waals surface area (Å²) in [5.41, 5.74) is -1.34. The van der Waals surface area contributed by atoms with Gasteiger partial charge < -0.3 is 14.8 Å². The van der Waals surface area contributed by atoms with Crippen molar-refractivity contribution in [2.24, 2.45) is 0 Å². The maximum absolute atomic E-state index is 12.1. The first kappa shape index (κ1) is 20.2. The van der Waals surface area contributed by atoms with Gasteiger partial charge in [-0.1, -0.05) is 19.3 Å². The predicted octanol–water partition coefficient (Wildman–Crippen LogP) is 2.49. The number of nitriles is 1. The van der Waals surface area contributed by atoms with Gasteiger partial charge in [0.25, 0.3) is 5.91 Å². The van der Waals surface area contributed by atoms with Gasteiger partial charge in [0.2, 0.25) is 0 Å². The Morgan fingerprint density at radius 3 is 2.63 bits per heavy atom. The molecule has 0 radical (unpaired) electrons. The molecule has 1 aliphatic carbocycles. The van der Waals surface area contributed by atoms with Crippen LogP contribution in [-0.4, -0.2) is 35.6 Å². The second-order valence-electron chi connectivity index (χ2n) is 6.25. The number of hydrogen-bond acceptors (Lipinski definition) is 7. The fourth-order valence-corrected chi connectivity index (χ4v) is 3.00. The van der Waals surface area contributed by atoms with E-state index in [1.165, 1.54) is 12.1 Å². The summed E-state index contributed by atoms with van der Waals surface area (Å²) in [7, 11) is 0. The maximum atomic E-state index is 12.1. The van der Waals surface area contributed by atoms with E-state index in [0.717, 1.165) is 25.3 Å². The van der Waals surface area contributed by atoms with E-state index in [1.54, 1.807) is 6.92 Å². The first-order valence-corrected chi connectivity index (χ1v) is 8.71. The molecule has 0 spiro atoms. The predicted molar refractivity (Wildman–Crippen MR) is 94.1 cm³/mol. The van der Waals surface area contributed by atoms with Crippen LogP contribution in [0.5, 0.6) is 5.75 Å². The molecule has 27 heavy (non-hydrogen) atoms. The summed E-state index contributed by atoms with van der Waals surface area (Å²) in [6.07, 6.45) is 3.85. The zero-order valence-electron chi connectivity index (χ0n) is 15.0. The molecule has 0 saturated heterocycles. The van der Waals surface area contributed by atoms with E-state index in [1.807, 2.05) is 0 Å². The summed E-state index contributed by atoms with van der Waals surface area (Å²) >= 11 is 0. The molecule has 9 nitrogen and oxygen atoms in total. The highest BCUT2D eigenvalue weighted by molar-refractivity contribution is 5.92. The zero-order chi connectivity index (χ0) is 19.9. The van der Waals surface area contributed by atoms with E-state index in [2.05, 4.69) is 11.4 Å². The Bertz CT molecular complexity index is 765. The smallest absolute Gasteiger partial charge is 0.338 e. The fourth-order valence-electron chi connectivity index (χ4n) is 3.00. The van der Waals surface area contributed by atoms with Gasteiger partial charge in [-0.25, -0.2) is 4.79 Å². The van der Waals surface area contributed by atoms with Gasteiger partial charge in [-0.2, -0.15) is 5.26 Å². The van der Waals surface area contributed by atoms with Crippen molar-refractivity contribution in [1.29, 1.82) is 5.26 Å². The van der Waals surface area contributed by atoms with Gasteiger partial charge in [-0.3, -0.25) is 14.9 Å². The lowest BCUT2D eigenvalue weighted by molar-refractivity contribution is -0.385. The number of ether oxygens (including phenoxy) is 2. The Kier molecular flexibility index (Phi) is 6.71. The van der Waals surface area contributed by atoms with E-state index in [-0.39, 0.29) is 23.6 Å². The molecule has 144 valence electrons. The summed E-state index contributed by atoms with van der Waals surface area (Å²) in [6, 6.07) is 5.83. The SMILES string of the molecule is CCOc1ccc(C(=O)OCC(=O)NC2(C#N)CCCCC2)cc1[N+](=O)[O-]. The molecular weight excluding hydrogens is 354 g/mol. The number of carbonyl (C=O) groups excluding carboxylic acids is 2. The topological polar surface area (TPSA) is 132 Å². The lowest BCUT2D eigenvalue weighted by atomic mass is 9.83. The Labute approximate surface area is 156 Å². The Morgan fingerprint density at radius 1 is 1.33 bits per heavy atom. The van der Waals surface area contributed by atoms with Crippen LogP contribution in [-0.2, 0) is 9.53 Å². The Morgan fingerprint density at radius 2 is 2.04 bits per heavy atom. The van der Waals surface area contributed by atoms with Crippen LogP contribution in [0.2, 0.25) is 0 Å².